The molecule has 24 heavy (non-hydrogen) atoms. The summed E-state index contributed by atoms with van der Waals surface area (Å²) < 4.78 is 5.23. The van der Waals surface area contributed by atoms with E-state index in [1.807, 2.05) is 6.07 Å². The number of rotatable bonds is 3. The normalized spacial score (nSPS) is 11.2. The van der Waals surface area contributed by atoms with Gasteiger partial charge in [0.05, 0.1) is 16.5 Å². The summed E-state index contributed by atoms with van der Waals surface area (Å²) in [6.07, 6.45) is -0.230. The number of carbonyl (C=O) groups is 1. The summed E-state index contributed by atoms with van der Waals surface area (Å²) in [4.78, 5) is 32.8. The van der Waals surface area contributed by atoms with E-state index in [4.69, 9.17) is 16.3 Å². The van der Waals surface area contributed by atoms with Crippen LogP contribution in [0, 0.1) is 6.92 Å². The first kappa shape index (κ1) is 16.7. The second kappa shape index (κ2) is 6.37. The van der Waals surface area contributed by atoms with E-state index in [1.54, 1.807) is 39.0 Å². The Morgan fingerprint density at radius 1 is 1.33 bits per heavy atom. The van der Waals surface area contributed by atoms with E-state index in [1.165, 1.54) is 0 Å². The first-order valence-electron chi connectivity index (χ1n) is 7.37. The molecule has 0 unspecified atom stereocenters. The molecule has 1 aromatic carbocycles. The molecule has 0 amide bonds. The number of hydrogen-bond acceptors (Lipinski definition) is 5. The van der Waals surface area contributed by atoms with Crippen LogP contribution in [0.25, 0.3) is 21.6 Å². The van der Waals surface area contributed by atoms with E-state index < -0.39 is 5.97 Å². The molecule has 0 aliphatic carbocycles. The number of benzene rings is 1. The summed E-state index contributed by atoms with van der Waals surface area (Å²) >= 11 is 7.33. The molecule has 0 bridgehead atoms. The van der Waals surface area contributed by atoms with Crippen LogP contribution in [0.3, 0.4) is 0 Å². The maximum Gasteiger partial charge on any atom is 0.348 e. The lowest BCUT2D eigenvalue weighted by molar-refractivity contribution is 0.0383. The number of ether oxygens (including phenoxy) is 1. The molecule has 0 aliphatic rings. The van der Waals surface area contributed by atoms with Crippen molar-refractivity contribution >= 4 is 39.1 Å². The number of aromatic nitrogens is 2. The molecule has 0 radical (unpaired) electrons. The third-order valence-electron chi connectivity index (χ3n) is 3.46. The van der Waals surface area contributed by atoms with Crippen LogP contribution in [0.1, 0.15) is 29.1 Å². The standard InChI is InChI=1S/C17H15ClN2O3S/c1-8(2)23-17(22)13-9(3)12-15(21)19-14(20-16(12)24-13)10-6-4-5-7-11(10)18/h4-8H,1-3H3,(H,19,20,21). The van der Waals surface area contributed by atoms with Crippen LogP contribution in [0.4, 0.5) is 0 Å². The number of carbonyl (C=O) groups excluding carboxylic acids is 1. The topological polar surface area (TPSA) is 72.0 Å². The van der Waals surface area contributed by atoms with Crippen molar-refractivity contribution in [3.8, 4) is 11.4 Å². The van der Waals surface area contributed by atoms with Crippen molar-refractivity contribution in [2.24, 2.45) is 0 Å². The predicted octanol–water partition coefficient (Wildman–Crippen LogP) is 4.18. The summed E-state index contributed by atoms with van der Waals surface area (Å²) in [6, 6.07) is 7.13. The highest BCUT2D eigenvalue weighted by Gasteiger charge is 2.21. The molecule has 0 saturated carbocycles. The molecule has 0 fully saturated rings. The minimum Gasteiger partial charge on any atom is -0.459 e. The van der Waals surface area contributed by atoms with Crippen LogP contribution in [-0.2, 0) is 4.74 Å². The highest BCUT2D eigenvalue weighted by atomic mass is 35.5. The lowest BCUT2D eigenvalue weighted by Crippen LogP contribution is -2.12. The zero-order valence-corrected chi connectivity index (χ0v) is 14.9. The molecule has 0 aliphatic heterocycles. The van der Waals surface area contributed by atoms with Gasteiger partial charge in [-0.15, -0.1) is 11.3 Å². The molecule has 7 heteroatoms. The number of nitrogens with one attached hydrogen (secondary N) is 1. The Morgan fingerprint density at radius 2 is 2.04 bits per heavy atom. The van der Waals surface area contributed by atoms with Gasteiger partial charge in [-0.1, -0.05) is 23.7 Å². The number of nitrogens with zero attached hydrogens (tertiary/aromatic N) is 1. The molecule has 2 heterocycles. The molecular weight excluding hydrogens is 348 g/mol. The Labute approximate surface area is 147 Å². The molecule has 0 spiro atoms. The maximum absolute atomic E-state index is 12.5. The van der Waals surface area contributed by atoms with Crippen molar-refractivity contribution in [1.29, 1.82) is 0 Å². The second-order valence-electron chi connectivity index (χ2n) is 5.58. The van der Waals surface area contributed by atoms with Gasteiger partial charge in [-0.2, -0.15) is 0 Å². The summed E-state index contributed by atoms with van der Waals surface area (Å²) in [5.74, 6) is -0.0627. The molecule has 5 nitrogen and oxygen atoms in total. The highest BCUT2D eigenvalue weighted by molar-refractivity contribution is 7.20. The van der Waals surface area contributed by atoms with Crippen molar-refractivity contribution in [2.45, 2.75) is 26.9 Å². The van der Waals surface area contributed by atoms with E-state index in [0.29, 0.717) is 37.1 Å². The first-order valence-corrected chi connectivity index (χ1v) is 8.57. The van der Waals surface area contributed by atoms with Gasteiger partial charge in [0.25, 0.3) is 5.56 Å². The van der Waals surface area contributed by atoms with Crippen molar-refractivity contribution < 1.29 is 9.53 Å². The number of aromatic amines is 1. The fourth-order valence-electron chi connectivity index (χ4n) is 2.39. The Hall–Kier alpha value is -2.18. The number of H-pyrrole nitrogens is 1. The molecular formula is C17H15ClN2O3S. The minimum absolute atomic E-state index is 0.230. The van der Waals surface area contributed by atoms with Crippen LogP contribution in [0.5, 0.6) is 0 Å². The lowest BCUT2D eigenvalue weighted by Gasteiger charge is -2.06. The molecule has 0 atom stereocenters. The molecule has 3 rings (SSSR count). The van der Waals surface area contributed by atoms with E-state index >= 15 is 0 Å². The third kappa shape index (κ3) is 2.95. The summed E-state index contributed by atoms with van der Waals surface area (Å²) in [5.41, 5.74) is 0.919. The van der Waals surface area contributed by atoms with Crippen LogP contribution < -0.4 is 5.56 Å². The number of aryl methyl sites for hydroxylation is 1. The largest absolute Gasteiger partial charge is 0.459 e. The number of esters is 1. The lowest BCUT2D eigenvalue weighted by atomic mass is 10.2. The van der Waals surface area contributed by atoms with Crippen LogP contribution in [0.2, 0.25) is 5.02 Å². The molecule has 1 N–H and O–H groups in total. The molecule has 2 aromatic heterocycles. The van der Waals surface area contributed by atoms with Crippen molar-refractivity contribution in [1.82, 2.24) is 9.97 Å². The number of fused-ring (bicyclic) bond motifs is 1. The molecule has 3 aromatic rings. The van der Waals surface area contributed by atoms with E-state index in [2.05, 4.69) is 9.97 Å². The maximum atomic E-state index is 12.5. The fraction of sp³-hybridized carbons (Fsp3) is 0.235. The number of halogens is 1. The minimum atomic E-state index is -0.441. The molecule has 0 saturated heterocycles. The van der Waals surface area contributed by atoms with Gasteiger partial charge in [0.1, 0.15) is 15.5 Å². The predicted molar refractivity (Wildman–Crippen MR) is 96.0 cm³/mol. The average molecular weight is 363 g/mol. The van der Waals surface area contributed by atoms with E-state index in [9.17, 15) is 9.59 Å². The highest BCUT2D eigenvalue weighted by Crippen LogP contribution is 2.30. The van der Waals surface area contributed by atoms with Gasteiger partial charge >= 0.3 is 5.97 Å². The van der Waals surface area contributed by atoms with Gasteiger partial charge in [0.15, 0.2) is 0 Å². The summed E-state index contributed by atoms with van der Waals surface area (Å²) in [6.45, 7) is 5.28. The second-order valence-corrected chi connectivity index (χ2v) is 6.99. The van der Waals surface area contributed by atoms with Gasteiger partial charge in [-0.25, -0.2) is 9.78 Å². The van der Waals surface area contributed by atoms with Gasteiger partial charge < -0.3 is 9.72 Å². The number of hydrogen-bond donors (Lipinski definition) is 1. The van der Waals surface area contributed by atoms with Crippen LogP contribution in [0.15, 0.2) is 29.1 Å². The van der Waals surface area contributed by atoms with E-state index in [-0.39, 0.29) is 11.7 Å². The monoisotopic (exact) mass is 362 g/mol. The zero-order chi connectivity index (χ0) is 17.4. The van der Waals surface area contributed by atoms with Gasteiger partial charge in [0, 0.05) is 5.56 Å². The SMILES string of the molecule is Cc1c(C(=O)OC(C)C)sc2nc(-c3ccccc3Cl)[nH]c(=O)c12. The number of thiophene rings is 1. The smallest absolute Gasteiger partial charge is 0.348 e. The van der Waals surface area contributed by atoms with Crippen LogP contribution in [-0.4, -0.2) is 22.0 Å². The fourth-order valence-corrected chi connectivity index (χ4v) is 3.68. The van der Waals surface area contributed by atoms with Gasteiger partial charge in [0.2, 0.25) is 0 Å². The zero-order valence-electron chi connectivity index (χ0n) is 13.3. The quantitative estimate of drug-likeness (QED) is 0.709. The molecule has 124 valence electrons. The van der Waals surface area contributed by atoms with Crippen molar-refractivity contribution in [2.75, 3.05) is 0 Å². The third-order valence-corrected chi connectivity index (χ3v) is 4.95. The van der Waals surface area contributed by atoms with Gasteiger partial charge in [-0.05, 0) is 38.5 Å². The average Bonchev–Trinajstić information content (AvgIpc) is 2.84. The van der Waals surface area contributed by atoms with Crippen LogP contribution >= 0.6 is 22.9 Å². The summed E-state index contributed by atoms with van der Waals surface area (Å²) in [5, 5.41) is 0.902. The summed E-state index contributed by atoms with van der Waals surface area (Å²) in [7, 11) is 0. The van der Waals surface area contributed by atoms with Gasteiger partial charge in [-0.3, -0.25) is 4.79 Å². The Balaban J connectivity index is 2.18. The Kier molecular flexibility index (Phi) is 4.43. The van der Waals surface area contributed by atoms with Crippen molar-refractivity contribution in [3.63, 3.8) is 0 Å². The Bertz CT molecular complexity index is 991. The first-order chi connectivity index (χ1) is 11.4. The van der Waals surface area contributed by atoms with Crippen molar-refractivity contribution in [3.05, 3.63) is 50.1 Å². The van der Waals surface area contributed by atoms with E-state index in [0.717, 1.165) is 11.3 Å². The Morgan fingerprint density at radius 3 is 2.71 bits per heavy atom.